The molecule has 0 aromatic heterocycles. The Hall–Kier alpha value is -1.71. The maximum absolute atomic E-state index is 13.1. The molecule has 4 rings (SSSR count). The molecule has 0 atom stereocenters. The topological polar surface area (TPSA) is 55.8 Å². The molecule has 0 amide bonds. The van der Waals surface area contributed by atoms with Crippen molar-refractivity contribution in [3.8, 4) is 0 Å². The summed E-state index contributed by atoms with van der Waals surface area (Å²) in [5, 5.41) is 10.7. The normalized spacial score (nSPS) is 23.5. The Morgan fingerprint density at radius 3 is 2.00 bits per heavy atom. The molecule has 0 unspecified atom stereocenters. The third kappa shape index (κ3) is 3.00. The monoisotopic (exact) mass is 356 g/mol. The number of hydrogen-bond donors (Lipinski definition) is 1. The van der Waals surface area contributed by atoms with Crippen LogP contribution < -0.4 is 0 Å². The molecular formula is C20H21O4P. The summed E-state index contributed by atoms with van der Waals surface area (Å²) in [5.74, 6) is 1.62. The summed E-state index contributed by atoms with van der Waals surface area (Å²) in [6.45, 7) is 4.82. The second-order valence-corrected chi connectivity index (χ2v) is 9.22. The number of fused-ring (bicyclic) bond motifs is 2. The van der Waals surface area contributed by atoms with E-state index in [2.05, 4.69) is 0 Å². The SMILES string of the molecule is CC1(C)COP(=O)(C=C2c3ccccc3C(O)c3ccccc32)OC1. The van der Waals surface area contributed by atoms with Crippen molar-refractivity contribution in [3.05, 3.63) is 76.6 Å². The molecule has 2 aromatic carbocycles. The maximum Gasteiger partial charge on any atom is 0.354 e. The second-order valence-electron chi connectivity index (χ2n) is 7.37. The summed E-state index contributed by atoms with van der Waals surface area (Å²) in [4.78, 5) is 0. The number of aliphatic hydroxyl groups is 1. The molecule has 2 aromatic rings. The Bertz CT molecular complexity index is 837. The minimum Gasteiger partial charge on any atom is -0.384 e. The van der Waals surface area contributed by atoms with Crippen LogP contribution in [0.25, 0.3) is 5.57 Å². The maximum atomic E-state index is 13.1. The highest BCUT2D eigenvalue weighted by molar-refractivity contribution is 7.57. The van der Waals surface area contributed by atoms with Crippen molar-refractivity contribution < 1.29 is 18.7 Å². The van der Waals surface area contributed by atoms with Crippen LogP contribution in [0.3, 0.4) is 0 Å². The van der Waals surface area contributed by atoms with E-state index in [1.807, 2.05) is 62.4 Å². The van der Waals surface area contributed by atoms with Crippen LogP contribution in [0.5, 0.6) is 0 Å². The van der Waals surface area contributed by atoms with Crippen molar-refractivity contribution in [2.24, 2.45) is 5.41 Å². The lowest BCUT2D eigenvalue weighted by Crippen LogP contribution is -2.29. The molecular weight excluding hydrogens is 335 g/mol. The summed E-state index contributed by atoms with van der Waals surface area (Å²) < 4.78 is 24.4. The fourth-order valence-corrected chi connectivity index (χ4v) is 5.13. The summed E-state index contributed by atoms with van der Waals surface area (Å²) in [6, 6.07) is 15.3. The fourth-order valence-electron chi connectivity index (χ4n) is 3.25. The predicted octanol–water partition coefficient (Wildman–Crippen LogP) is 4.74. The molecule has 130 valence electrons. The molecule has 1 aliphatic carbocycles. The standard InChI is InChI=1S/C20H21O4P/c1-20(2)12-23-25(22,24-13-20)11-18-14-7-3-5-9-16(14)19(21)17-10-6-4-8-15(17)18/h3-11,19,21H,12-13H2,1-2H3. The molecule has 1 N–H and O–H groups in total. The molecule has 1 aliphatic heterocycles. The minimum absolute atomic E-state index is 0.148. The van der Waals surface area contributed by atoms with E-state index in [0.29, 0.717) is 13.2 Å². The lowest BCUT2D eigenvalue weighted by Gasteiger charge is -2.34. The van der Waals surface area contributed by atoms with Crippen molar-refractivity contribution in [2.75, 3.05) is 13.2 Å². The van der Waals surface area contributed by atoms with Gasteiger partial charge in [-0.3, -0.25) is 4.57 Å². The molecule has 0 spiro atoms. The predicted molar refractivity (Wildman–Crippen MR) is 97.3 cm³/mol. The smallest absolute Gasteiger partial charge is 0.354 e. The van der Waals surface area contributed by atoms with Gasteiger partial charge in [0.15, 0.2) is 0 Å². The van der Waals surface area contributed by atoms with E-state index in [0.717, 1.165) is 27.8 Å². The minimum atomic E-state index is -3.34. The first-order valence-electron chi connectivity index (χ1n) is 8.37. The summed E-state index contributed by atoms with van der Waals surface area (Å²) in [7, 11) is -3.34. The van der Waals surface area contributed by atoms with Crippen LogP contribution >= 0.6 is 7.60 Å². The van der Waals surface area contributed by atoms with Gasteiger partial charge in [0.25, 0.3) is 0 Å². The van der Waals surface area contributed by atoms with Gasteiger partial charge in [0, 0.05) is 11.2 Å². The Labute approximate surface area is 147 Å². The van der Waals surface area contributed by atoms with Gasteiger partial charge in [-0.1, -0.05) is 62.4 Å². The quantitative estimate of drug-likeness (QED) is 0.750. The molecule has 1 heterocycles. The van der Waals surface area contributed by atoms with Gasteiger partial charge in [-0.2, -0.15) is 0 Å². The molecule has 0 radical (unpaired) electrons. The van der Waals surface area contributed by atoms with E-state index in [4.69, 9.17) is 9.05 Å². The average molecular weight is 356 g/mol. The van der Waals surface area contributed by atoms with E-state index in [1.54, 1.807) is 5.82 Å². The molecule has 1 fully saturated rings. The second kappa shape index (κ2) is 5.93. The molecule has 25 heavy (non-hydrogen) atoms. The van der Waals surface area contributed by atoms with E-state index in [1.165, 1.54) is 0 Å². The lowest BCUT2D eigenvalue weighted by atomic mass is 9.81. The van der Waals surface area contributed by atoms with Crippen LogP contribution in [0.15, 0.2) is 54.3 Å². The molecule has 4 nitrogen and oxygen atoms in total. The Morgan fingerprint density at radius 1 is 1.00 bits per heavy atom. The zero-order valence-corrected chi connectivity index (χ0v) is 15.2. The van der Waals surface area contributed by atoms with Crippen LogP contribution in [0.4, 0.5) is 0 Å². The van der Waals surface area contributed by atoms with Gasteiger partial charge in [0.1, 0.15) is 6.10 Å². The first-order chi connectivity index (χ1) is 11.9. The summed E-state index contributed by atoms with van der Waals surface area (Å²) >= 11 is 0. The number of benzene rings is 2. The van der Waals surface area contributed by atoms with Crippen LogP contribution in [0, 0.1) is 5.41 Å². The molecule has 2 aliphatic rings. The summed E-state index contributed by atoms with van der Waals surface area (Å²) in [6.07, 6.45) is -0.697. The van der Waals surface area contributed by atoms with E-state index >= 15 is 0 Å². The van der Waals surface area contributed by atoms with Gasteiger partial charge in [-0.15, -0.1) is 0 Å². The third-order valence-corrected chi connectivity index (χ3v) is 6.20. The van der Waals surface area contributed by atoms with Crippen LogP contribution in [-0.4, -0.2) is 18.3 Å². The van der Waals surface area contributed by atoms with Crippen LogP contribution in [0.2, 0.25) is 0 Å². The molecule has 5 heteroatoms. The van der Waals surface area contributed by atoms with E-state index in [9.17, 15) is 9.67 Å². The number of hydrogen-bond acceptors (Lipinski definition) is 4. The fraction of sp³-hybridized carbons (Fsp3) is 0.300. The first-order valence-corrected chi connectivity index (χ1v) is 9.98. The lowest BCUT2D eigenvalue weighted by molar-refractivity contribution is 0.0458. The Morgan fingerprint density at radius 2 is 1.48 bits per heavy atom. The molecule has 0 bridgehead atoms. The number of rotatable bonds is 1. The van der Waals surface area contributed by atoms with Crippen molar-refractivity contribution in [2.45, 2.75) is 20.0 Å². The van der Waals surface area contributed by atoms with Gasteiger partial charge < -0.3 is 14.2 Å². The van der Waals surface area contributed by atoms with Crippen molar-refractivity contribution >= 4 is 13.2 Å². The third-order valence-electron chi connectivity index (χ3n) is 4.65. The zero-order chi connectivity index (χ0) is 17.7. The average Bonchev–Trinajstić information content (AvgIpc) is 2.62. The Balaban J connectivity index is 1.85. The van der Waals surface area contributed by atoms with Gasteiger partial charge in [0.2, 0.25) is 0 Å². The largest absolute Gasteiger partial charge is 0.384 e. The van der Waals surface area contributed by atoms with E-state index < -0.39 is 13.7 Å². The summed E-state index contributed by atoms with van der Waals surface area (Å²) in [5.41, 5.74) is 3.97. The number of aliphatic hydroxyl groups excluding tert-OH is 1. The highest BCUT2D eigenvalue weighted by Gasteiger charge is 2.37. The van der Waals surface area contributed by atoms with Gasteiger partial charge >= 0.3 is 7.60 Å². The first kappa shape index (κ1) is 16.7. The van der Waals surface area contributed by atoms with Crippen LogP contribution in [0.1, 0.15) is 42.2 Å². The van der Waals surface area contributed by atoms with Crippen molar-refractivity contribution in [3.63, 3.8) is 0 Å². The highest BCUT2D eigenvalue weighted by Crippen LogP contribution is 2.58. The van der Waals surface area contributed by atoms with Crippen molar-refractivity contribution in [1.29, 1.82) is 0 Å². The van der Waals surface area contributed by atoms with Gasteiger partial charge in [-0.05, 0) is 27.8 Å². The van der Waals surface area contributed by atoms with Crippen molar-refractivity contribution in [1.82, 2.24) is 0 Å². The van der Waals surface area contributed by atoms with Crippen LogP contribution in [-0.2, 0) is 13.6 Å². The Kier molecular flexibility index (Phi) is 3.97. The highest BCUT2D eigenvalue weighted by atomic mass is 31.2. The van der Waals surface area contributed by atoms with Gasteiger partial charge in [0.05, 0.1) is 13.2 Å². The van der Waals surface area contributed by atoms with E-state index in [-0.39, 0.29) is 5.41 Å². The molecule has 0 saturated carbocycles. The zero-order valence-electron chi connectivity index (χ0n) is 14.3. The molecule has 1 saturated heterocycles. The van der Waals surface area contributed by atoms with Gasteiger partial charge in [-0.25, -0.2) is 0 Å².